The molecule has 0 bridgehead atoms. The highest BCUT2D eigenvalue weighted by atomic mass is 19.2. The summed E-state index contributed by atoms with van der Waals surface area (Å²) < 4.78 is 26.0. The van der Waals surface area contributed by atoms with Gasteiger partial charge in [0.25, 0.3) is 5.91 Å². The van der Waals surface area contributed by atoms with Crippen molar-refractivity contribution >= 4 is 5.91 Å². The van der Waals surface area contributed by atoms with E-state index in [9.17, 15) is 13.6 Å². The van der Waals surface area contributed by atoms with Crippen LogP contribution in [0.5, 0.6) is 0 Å². The van der Waals surface area contributed by atoms with Crippen molar-refractivity contribution in [1.29, 1.82) is 5.26 Å². The van der Waals surface area contributed by atoms with E-state index in [1.807, 2.05) is 0 Å². The van der Waals surface area contributed by atoms with Crippen molar-refractivity contribution in [2.24, 2.45) is 0 Å². The maximum Gasteiger partial charge on any atom is 0.273 e. The molecule has 1 N–H and O–H groups in total. The van der Waals surface area contributed by atoms with E-state index in [-0.39, 0.29) is 11.4 Å². The number of halogens is 2. The maximum atomic E-state index is 13.2. The molecule has 1 unspecified atom stereocenters. The number of carbonyl (C=O) groups is 1. The Labute approximate surface area is 119 Å². The molecular weight excluding hydrogens is 278 g/mol. The second-order valence-corrected chi connectivity index (χ2v) is 4.23. The van der Waals surface area contributed by atoms with Crippen LogP contribution >= 0.6 is 0 Å². The van der Waals surface area contributed by atoms with E-state index in [0.717, 1.165) is 12.1 Å². The van der Waals surface area contributed by atoms with E-state index in [0.29, 0.717) is 5.56 Å². The number of carbonyl (C=O) groups excluding carboxylic acids is 1. The van der Waals surface area contributed by atoms with Crippen LogP contribution in [0, 0.1) is 23.0 Å². The van der Waals surface area contributed by atoms with Gasteiger partial charge in [-0.05, 0) is 24.6 Å². The molecule has 0 saturated heterocycles. The predicted octanol–water partition coefficient (Wildman–Crippen LogP) is 2.12. The second kappa shape index (κ2) is 6.05. The molecule has 0 radical (unpaired) electrons. The van der Waals surface area contributed by atoms with Gasteiger partial charge in [-0.15, -0.1) is 0 Å². The Morgan fingerprint density at radius 3 is 2.67 bits per heavy atom. The van der Waals surface area contributed by atoms with Gasteiger partial charge in [-0.2, -0.15) is 5.26 Å². The van der Waals surface area contributed by atoms with Gasteiger partial charge in [0, 0.05) is 12.4 Å². The molecule has 1 atom stereocenters. The highest BCUT2D eigenvalue weighted by molar-refractivity contribution is 5.94. The smallest absolute Gasteiger partial charge is 0.273 e. The molecule has 0 fully saturated rings. The minimum absolute atomic E-state index is 0.104. The number of rotatable bonds is 3. The van der Waals surface area contributed by atoms with Crippen molar-refractivity contribution in [3.05, 3.63) is 59.2 Å². The summed E-state index contributed by atoms with van der Waals surface area (Å²) in [7, 11) is 0. The molecular formula is C14H10F2N4O. The number of aromatic nitrogens is 2. The van der Waals surface area contributed by atoms with Gasteiger partial charge in [-0.3, -0.25) is 4.79 Å². The summed E-state index contributed by atoms with van der Waals surface area (Å²) in [6.45, 7) is 1.60. The van der Waals surface area contributed by atoms with Crippen molar-refractivity contribution in [2.75, 3.05) is 0 Å². The lowest BCUT2D eigenvalue weighted by Gasteiger charge is -2.14. The van der Waals surface area contributed by atoms with Crippen LogP contribution in [0.1, 0.15) is 34.7 Å². The zero-order valence-electron chi connectivity index (χ0n) is 11.0. The molecule has 0 aliphatic rings. The predicted molar refractivity (Wildman–Crippen MR) is 69.0 cm³/mol. The van der Waals surface area contributed by atoms with Gasteiger partial charge in [0.15, 0.2) is 23.0 Å². The van der Waals surface area contributed by atoms with Gasteiger partial charge in [0.05, 0.1) is 6.04 Å². The van der Waals surface area contributed by atoms with Crippen LogP contribution in [-0.4, -0.2) is 15.9 Å². The number of amides is 1. The van der Waals surface area contributed by atoms with Crippen LogP contribution in [0.3, 0.4) is 0 Å². The Morgan fingerprint density at radius 2 is 2.00 bits per heavy atom. The molecule has 0 saturated carbocycles. The van der Waals surface area contributed by atoms with Crippen molar-refractivity contribution in [3.63, 3.8) is 0 Å². The normalized spacial score (nSPS) is 11.5. The zero-order valence-corrected chi connectivity index (χ0v) is 11.0. The molecule has 1 heterocycles. The molecule has 5 nitrogen and oxygen atoms in total. The molecule has 1 amide bonds. The van der Waals surface area contributed by atoms with E-state index in [1.165, 1.54) is 18.5 Å². The third kappa shape index (κ3) is 3.17. The fourth-order valence-electron chi connectivity index (χ4n) is 1.72. The Balaban J connectivity index is 2.19. The van der Waals surface area contributed by atoms with Gasteiger partial charge < -0.3 is 5.32 Å². The van der Waals surface area contributed by atoms with Crippen LogP contribution in [0.4, 0.5) is 8.78 Å². The van der Waals surface area contributed by atoms with Crippen molar-refractivity contribution in [3.8, 4) is 6.07 Å². The topological polar surface area (TPSA) is 78.7 Å². The molecule has 1 aromatic carbocycles. The first-order valence-electron chi connectivity index (χ1n) is 6.00. The molecule has 106 valence electrons. The van der Waals surface area contributed by atoms with Crippen LogP contribution in [0.15, 0.2) is 30.6 Å². The number of hydrogen-bond donors (Lipinski definition) is 1. The van der Waals surface area contributed by atoms with E-state index in [2.05, 4.69) is 15.3 Å². The fourth-order valence-corrected chi connectivity index (χ4v) is 1.72. The quantitative estimate of drug-likeness (QED) is 0.938. The second-order valence-electron chi connectivity index (χ2n) is 4.23. The number of nitrogens with zero attached hydrogens (tertiary/aromatic N) is 3. The summed E-state index contributed by atoms with van der Waals surface area (Å²) in [5.74, 6) is -2.57. The first-order valence-corrected chi connectivity index (χ1v) is 6.00. The molecule has 2 aromatic rings. The number of hydrogen-bond acceptors (Lipinski definition) is 4. The Morgan fingerprint density at radius 1 is 1.29 bits per heavy atom. The van der Waals surface area contributed by atoms with Crippen molar-refractivity contribution in [2.45, 2.75) is 13.0 Å². The molecule has 0 aliphatic carbocycles. The Hall–Kier alpha value is -2.88. The third-order valence-electron chi connectivity index (χ3n) is 2.81. The van der Waals surface area contributed by atoms with Gasteiger partial charge >= 0.3 is 0 Å². The summed E-state index contributed by atoms with van der Waals surface area (Å²) in [4.78, 5) is 19.6. The van der Waals surface area contributed by atoms with Crippen molar-refractivity contribution < 1.29 is 13.6 Å². The van der Waals surface area contributed by atoms with Gasteiger partial charge in [-0.1, -0.05) is 6.07 Å². The summed E-state index contributed by atoms with van der Waals surface area (Å²) in [5, 5.41) is 11.4. The molecule has 1 aromatic heterocycles. The lowest BCUT2D eigenvalue weighted by atomic mass is 10.1. The minimum Gasteiger partial charge on any atom is -0.344 e. The zero-order chi connectivity index (χ0) is 15.4. The Bertz CT molecular complexity index is 727. The van der Waals surface area contributed by atoms with E-state index < -0.39 is 23.6 Å². The number of nitrogens with one attached hydrogen (secondary N) is 1. The van der Waals surface area contributed by atoms with Crippen LogP contribution in [0.2, 0.25) is 0 Å². The first-order chi connectivity index (χ1) is 10.0. The van der Waals surface area contributed by atoms with Crippen LogP contribution < -0.4 is 5.32 Å². The molecule has 7 heteroatoms. The lowest BCUT2D eigenvalue weighted by molar-refractivity contribution is 0.0934. The average Bonchev–Trinajstić information content (AvgIpc) is 2.49. The molecule has 0 aliphatic heterocycles. The number of benzene rings is 1. The summed E-state index contributed by atoms with van der Waals surface area (Å²) >= 11 is 0. The highest BCUT2D eigenvalue weighted by Crippen LogP contribution is 2.16. The summed E-state index contributed by atoms with van der Waals surface area (Å²) in [6, 6.07) is 4.53. The van der Waals surface area contributed by atoms with E-state index >= 15 is 0 Å². The Kier molecular flexibility index (Phi) is 4.18. The maximum absolute atomic E-state index is 13.2. The van der Waals surface area contributed by atoms with Crippen LogP contribution in [0.25, 0.3) is 0 Å². The summed E-state index contributed by atoms with van der Waals surface area (Å²) in [6.07, 6.45) is 2.59. The average molecular weight is 288 g/mol. The highest BCUT2D eigenvalue weighted by Gasteiger charge is 2.17. The minimum atomic E-state index is -0.995. The number of nitriles is 1. The largest absolute Gasteiger partial charge is 0.344 e. The molecule has 0 spiro atoms. The SMILES string of the molecule is CC(NC(=O)c1nccnc1C#N)c1ccc(F)c(F)c1. The lowest BCUT2D eigenvalue weighted by Crippen LogP contribution is -2.28. The van der Waals surface area contributed by atoms with Crippen LogP contribution in [-0.2, 0) is 0 Å². The molecule has 2 rings (SSSR count). The van der Waals surface area contributed by atoms with Crippen molar-refractivity contribution in [1.82, 2.24) is 15.3 Å². The van der Waals surface area contributed by atoms with E-state index in [1.54, 1.807) is 13.0 Å². The summed E-state index contributed by atoms with van der Waals surface area (Å²) in [5.41, 5.74) is 0.173. The standard InChI is InChI=1S/C14H10F2N4O/c1-8(9-2-3-10(15)11(16)6-9)20-14(21)13-12(7-17)18-4-5-19-13/h2-6,8H,1H3,(H,20,21). The van der Waals surface area contributed by atoms with Gasteiger partial charge in [-0.25, -0.2) is 18.7 Å². The first kappa shape index (κ1) is 14.5. The molecule has 21 heavy (non-hydrogen) atoms. The third-order valence-corrected chi connectivity index (χ3v) is 2.81. The fraction of sp³-hybridized carbons (Fsp3) is 0.143. The van der Waals surface area contributed by atoms with Gasteiger partial charge in [0.2, 0.25) is 0 Å². The van der Waals surface area contributed by atoms with E-state index in [4.69, 9.17) is 5.26 Å². The van der Waals surface area contributed by atoms with Gasteiger partial charge in [0.1, 0.15) is 6.07 Å². The monoisotopic (exact) mass is 288 g/mol.